The zero-order valence-corrected chi connectivity index (χ0v) is 27.4. The largest absolute Gasteiger partial charge is 0.355 e. The Morgan fingerprint density at radius 3 is 1.45 bits per heavy atom. The maximum absolute atomic E-state index is 4.69. The SMILES string of the molecule is CC.CC.CC.CC(C)(C)C.CN(C)C.CN(Cc1ccccc1)c1ccnc(N(C)c2ccccc2)n1. The summed E-state index contributed by atoms with van der Waals surface area (Å²) in [6, 6.07) is 22.4. The third-order valence-corrected chi connectivity index (χ3v) is 3.73. The van der Waals surface area contributed by atoms with Gasteiger partial charge >= 0.3 is 0 Å². The van der Waals surface area contributed by atoms with E-state index in [-0.39, 0.29) is 0 Å². The van der Waals surface area contributed by atoms with Gasteiger partial charge < -0.3 is 14.7 Å². The van der Waals surface area contributed by atoms with Crippen LogP contribution in [0.2, 0.25) is 0 Å². The van der Waals surface area contributed by atoms with E-state index in [1.807, 2.05) is 129 Å². The van der Waals surface area contributed by atoms with E-state index in [1.54, 1.807) is 6.20 Å². The maximum Gasteiger partial charge on any atom is 0.231 e. The lowest BCUT2D eigenvalue weighted by Gasteiger charge is -2.21. The minimum atomic E-state index is 0.500. The van der Waals surface area contributed by atoms with Crippen molar-refractivity contribution >= 4 is 17.5 Å². The Morgan fingerprint density at radius 2 is 1.03 bits per heavy atom. The molecule has 1 heterocycles. The van der Waals surface area contributed by atoms with Gasteiger partial charge in [0.15, 0.2) is 0 Å². The fraction of sp³-hybridized carbons (Fsp3) is 0.515. The summed E-state index contributed by atoms with van der Waals surface area (Å²) in [5, 5.41) is 0. The van der Waals surface area contributed by atoms with Crippen LogP contribution in [-0.4, -0.2) is 50.1 Å². The second-order valence-corrected chi connectivity index (χ2v) is 9.79. The Morgan fingerprint density at radius 1 is 0.632 bits per heavy atom. The highest BCUT2D eigenvalue weighted by Gasteiger charge is 2.10. The van der Waals surface area contributed by atoms with E-state index in [4.69, 9.17) is 0 Å². The predicted molar refractivity (Wildman–Crippen MR) is 174 cm³/mol. The molecule has 5 heteroatoms. The van der Waals surface area contributed by atoms with E-state index in [9.17, 15) is 0 Å². The van der Waals surface area contributed by atoms with Crippen LogP contribution in [0.4, 0.5) is 17.5 Å². The van der Waals surface area contributed by atoms with Crippen LogP contribution >= 0.6 is 0 Å². The van der Waals surface area contributed by atoms with Crippen molar-refractivity contribution in [2.75, 3.05) is 45.0 Å². The van der Waals surface area contributed by atoms with Gasteiger partial charge in [0.25, 0.3) is 0 Å². The average molecular weight is 526 g/mol. The summed E-state index contributed by atoms with van der Waals surface area (Å²) >= 11 is 0. The lowest BCUT2D eigenvalue weighted by atomic mass is 10.0. The molecule has 0 N–H and O–H groups in total. The Hall–Kier alpha value is -2.92. The maximum atomic E-state index is 4.69. The zero-order chi connectivity index (χ0) is 30.1. The van der Waals surface area contributed by atoms with Gasteiger partial charge in [0.05, 0.1) is 0 Å². The molecule has 0 atom stereocenters. The number of anilines is 3. The molecule has 0 bridgehead atoms. The zero-order valence-electron chi connectivity index (χ0n) is 27.4. The van der Waals surface area contributed by atoms with Crippen molar-refractivity contribution in [2.45, 2.75) is 75.8 Å². The summed E-state index contributed by atoms with van der Waals surface area (Å²) < 4.78 is 0. The first-order valence-corrected chi connectivity index (χ1v) is 13.9. The molecule has 5 nitrogen and oxygen atoms in total. The minimum Gasteiger partial charge on any atom is -0.355 e. The molecule has 38 heavy (non-hydrogen) atoms. The van der Waals surface area contributed by atoms with Crippen LogP contribution < -0.4 is 9.80 Å². The van der Waals surface area contributed by atoms with Crippen LogP contribution in [0.3, 0.4) is 0 Å². The smallest absolute Gasteiger partial charge is 0.231 e. The summed E-state index contributed by atoms with van der Waals surface area (Å²) in [6.45, 7) is 21.6. The summed E-state index contributed by atoms with van der Waals surface area (Å²) in [4.78, 5) is 15.2. The number of nitrogens with zero attached hydrogens (tertiary/aromatic N) is 5. The summed E-state index contributed by atoms with van der Waals surface area (Å²) in [6.07, 6.45) is 1.80. The number of hydrogen-bond donors (Lipinski definition) is 0. The standard InChI is InChI=1S/C19H20N4.C5H12.C3H9N.3C2H6/c1-22(15-16-9-5-3-6-10-16)18-13-14-20-19(21-18)23(2)17-11-7-4-8-12-17;1-5(2,3)4;1-4(2)3;3*1-2/h3-14H,15H2,1-2H3;1-4H3;1-3H3;3*1-2H3. The number of rotatable bonds is 5. The number of benzene rings is 2. The van der Waals surface area contributed by atoms with Crippen molar-refractivity contribution in [3.63, 3.8) is 0 Å². The molecule has 0 saturated carbocycles. The highest BCUT2D eigenvalue weighted by atomic mass is 15.3. The Bertz CT molecular complexity index is 866. The van der Waals surface area contributed by atoms with Crippen LogP contribution in [-0.2, 0) is 6.54 Å². The van der Waals surface area contributed by atoms with Crippen molar-refractivity contribution in [2.24, 2.45) is 5.41 Å². The van der Waals surface area contributed by atoms with Crippen molar-refractivity contribution < 1.29 is 0 Å². The number of hydrogen-bond acceptors (Lipinski definition) is 5. The summed E-state index contributed by atoms with van der Waals surface area (Å²) in [5.74, 6) is 1.59. The Labute approximate surface area is 236 Å². The fourth-order valence-corrected chi connectivity index (χ4v) is 2.42. The molecule has 3 rings (SSSR count). The highest BCUT2D eigenvalue weighted by Crippen LogP contribution is 2.21. The van der Waals surface area contributed by atoms with Crippen molar-refractivity contribution in [3.8, 4) is 0 Å². The molecular weight excluding hydrogens is 466 g/mol. The summed E-state index contributed by atoms with van der Waals surface area (Å²) in [5.41, 5.74) is 2.82. The van der Waals surface area contributed by atoms with Gasteiger partial charge in [-0.05, 0) is 50.3 Å². The molecule has 0 aliphatic heterocycles. The molecule has 0 radical (unpaired) electrons. The van der Waals surface area contributed by atoms with E-state index in [1.165, 1.54) is 5.56 Å². The first-order chi connectivity index (χ1) is 18.0. The fourth-order valence-electron chi connectivity index (χ4n) is 2.42. The molecular formula is C33H59N5. The first kappa shape index (κ1) is 39.6. The van der Waals surface area contributed by atoms with Crippen LogP contribution in [0.5, 0.6) is 0 Å². The van der Waals surface area contributed by atoms with Crippen LogP contribution in [0.1, 0.15) is 74.8 Å². The van der Waals surface area contributed by atoms with E-state index >= 15 is 0 Å². The third kappa shape index (κ3) is 22.3. The Balaban J connectivity index is -0.000000686. The monoisotopic (exact) mass is 525 g/mol. The molecule has 216 valence electrons. The van der Waals surface area contributed by atoms with Gasteiger partial charge in [-0.1, -0.05) is 118 Å². The minimum absolute atomic E-state index is 0.500. The molecule has 0 aliphatic carbocycles. The Kier molecular flexibility index (Phi) is 25.4. The topological polar surface area (TPSA) is 35.5 Å². The van der Waals surface area contributed by atoms with Gasteiger partial charge in [0, 0.05) is 32.5 Å². The third-order valence-electron chi connectivity index (χ3n) is 3.73. The van der Waals surface area contributed by atoms with Crippen LogP contribution in [0.15, 0.2) is 72.9 Å². The van der Waals surface area contributed by atoms with Crippen LogP contribution in [0, 0.1) is 5.41 Å². The highest BCUT2D eigenvalue weighted by molar-refractivity contribution is 5.57. The molecule has 0 amide bonds. The van der Waals surface area contributed by atoms with Gasteiger partial charge in [-0.3, -0.25) is 0 Å². The van der Waals surface area contributed by atoms with Gasteiger partial charge in [-0.25, -0.2) is 4.98 Å². The molecule has 0 spiro atoms. The van der Waals surface area contributed by atoms with Crippen LogP contribution in [0.25, 0.3) is 0 Å². The second kappa shape index (κ2) is 24.4. The van der Waals surface area contributed by atoms with Gasteiger partial charge in [0.2, 0.25) is 5.95 Å². The lowest BCUT2D eigenvalue weighted by molar-refractivity contribution is 0.469. The van der Waals surface area contributed by atoms with Crippen molar-refractivity contribution in [3.05, 3.63) is 78.5 Å². The second-order valence-electron chi connectivity index (χ2n) is 9.79. The van der Waals surface area contributed by atoms with E-state index < -0.39 is 0 Å². The normalized spacial score (nSPS) is 9.26. The molecule has 0 unspecified atom stereocenters. The quantitative estimate of drug-likeness (QED) is 0.332. The van der Waals surface area contributed by atoms with Gasteiger partial charge in [-0.2, -0.15) is 4.98 Å². The molecule has 0 fully saturated rings. The van der Waals surface area contributed by atoms with Crippen molar-refractivity contribution in [1.82, 2.24) is 14.9 Å². The lowest BCUT2D eigenvalue weighted by Crippen LogP contribution is -2.20. The van der Waals surface area contributed by atoms with Crippen molar-refractivity contribution in [1.29, 1.82) is 0 Å². The number of aromatic nitrogens is 2. The van der Waals surface area contributed by atoms with Gasteiger partial charge in [-0.15, -0.1) is 0 Å². The average Bonchev–Trinajstić information content (AvgIpc) is 2.91. The molecule has 3 aromatic rings. The molecule has 2 aromatic carbocycles. The molecule has 1 aromatic heterocycles. The molecule has 0 aliphatic rings. The van der Waals surface area contributed by atoms with E-state index in [2.05, 4.69) is 66.8 Å². The van der Waals surface area contributed by atoms with Gasteiger partial charge in [0.1, 0.15) is 5.82 Å². The van der Waals surface area contributed by atoms with E-state index in [0.717, 1.165) is 18.1 Å². The molecule has 0 saturated heterocycles. The first-order valence-electron chi connectivity index (χ1n) is 13.9. The van der Waals surface area contributed by atoms with E-state index in [0.29, 0.717) is 11.4 Å². The predicted octanol–water partition coefficient (Wildman–Crippen LogP) is 9.19. The summed E-state index contributed by atoms with van der Waals surface area (Å²) in [7, 11) is 10.0. The number of para-hydroxylation sites is 1.